The minimum absolute atomic E-state index is 0.140. The van der Waals surface area contributed by atoms with Gasteiger partial charge >= 0.3 is 0 Å². The number of rotatable bonds is 7. The number of likely N-dealkylation sites (tertiary alicyclic amines) is 1. The van der Waals surface area contributed by atoms with Crippen molar-refractivity contribution < 1.29 is 4.79 Å². The first kappa shape index (κ1) is 15.5. The lowest BCUT2D eigenvalue weighted by atomic mass is 10.0. The quantitative estimate of drug-likeness (QED) is 0.655. The van der Waals surface area contributed by atoms with Crippen molar-refractivity contribution in [2.24, 2.45) is 5.73 Å². The summed E-state index contributed by atoms with van der Waals surface area (Å²) >= 11 is 0. The highest BCUT2D eigenvalue weighted by Crippen LogP contribution is 2.50. The first-order valence-electron chi connectivity index (χ1n) is 8.41. The number of hydrogen-bond donors (Lipinski definition) is 3. The van der Waals surface area contributed by atoms with Crippen LogP contribution in [0.3, 0.4) is 0 Å². The van der Waals surface area contributed by atoms with Crippen LogP contribution in [0.4, 0.5) is 0 Å². The maximum Gasteiger partial charge on any atom is 0.238 e. The topological polar surface area (TPSA) is 87.0 Å². The van der Waals surface area contributed by atoms with E-state index in [0.29, 0.717) is 6.04 Å². The van der Waals surface area contributed by atoms with Crippen molar-refractivity contribution >= 4 is 5.91 Å². The molecule has 3 rings (SSSR count). The second-order valence-corrected chi connectivity index (χ2v) is 6.76. The highest BCUT2D eigenvalue weighted by atomic mass is 16.1. The fourth-order valence-electron chi connectivity index (χ4n) is 3.73. The van der Waals surface area contributed by atoms with Gasteiger partial charge in [-0.3, -0.25) is 4.79 Å². The molecule has 2 aliphatic rings. The van der Waals surface area contributed by atoms with Crippen LogP contribution in [0.5, 0.6) is 0 Å². The van der Waals surface area contributed by atoms with E-state index in [-0.39, 0.29) is 11.8 Å². The van der Waals surface area contributed by atoms with Gasteiger partial charge in [0.1, 0.15) is 5.54 Å². The molecule has 0 bridgehead atoms. The Morgan fingerprint density at radius 2 is 2.45 bits per heavy atom. The van der Waals surface area contributed by atoms with Gasteiger partial charge in [0.05, 0.1) is 6.33 Å². The Morgan fingerprint density at radius 3 is 3.14 bits per heavy atom. The Morgan fingerprint density at radius 1 is 1.59 bits per heavy atom. The highest BCUT2D eigenvalue weighted by Gasteiger charge is 2.60. The summed E-state index contributed by atoms with van der Waals surface area (Å²) in [7, 11) is 0. The maximum absolute atomic E-state index is 11.9. The molecule has 4 N–H and O–H groups in total. The normalized spacial score (nSPS) is 32.0. The third-order valence-electron chi connectivity index (χ3n) is 5.30. The molecule has 1 saturated heterocycles. The number of primary amides is 1. The molecule has 0 radical (unpaired) electrons. The fourth-order valence-corrected chi connectivity index (χ4v) is 3.73. The molecular weight excluding hydrogens is 278 g/mol. The van der Waals surface area contributed by atoms with E-state index < -0.39 is 5.54 Å². The summed E-state index contributed by atoms with van der Waals surface area (Å²) in [4.78, 5) is 21.5. The van der Waals surface area contributed by atoms with Crippen LogP contribution < -0.4 is 11.1 Å². The smallest absolute Gasteiger partial charge is 0.238 e. The Balaban J connectivity index is 1.46. The number of carbonyl (C=O) groups excluding carboxylic acids is 1. The van der Waals surface area contributed by atoms with E-state index >= 15 is 0 Å². The summed E-state index contributed by atoms with van der Waals surface area (Å²) in [5, 5.41) is 3.41. The van der Waals surface area contributed by atoms with Gasteiger partial charge in [-0.15, -0.1) is 0 Å². The third kappa shape index (κ3) is 3.03. The molecule has 6 nitrogen and oxygen atoms in total. The summed E-state index contributed by atoms with van der Waals surface area (Å²) < 4.78 is 0. The highest BCUT2D eigenvalue weighted by molar-refractivity contribution is 5.90. The fraction of sp³-hybridized carbons (Fsp3) is 0.750. The monoisotopic (exact) mass is 305 g/mol. The number of amides is 1. The second kappa shape index (κ2) is 6.38. The number of H-pyrrole nitrogens is 1. The molecule has 1 amide bonds. The average molecular weight is 305 g/mol. The van der Waals surface area contributed by atoms with Gasteiger partial charge in [-0.05, 0) is 52.2 Å². The predicted octanol–water partition coefficient (Wildman–Crippen LogP) is 0.975. The molecule has 1 aliphatic carbocycles. The summed E-state index contributed by atoms with van der Waals surface area (Å²) in [5.74, 6) is -0.111. The Labute approximate surface area is 131 Å². The SMILES string of the molecule is C[C@@H]1CCCCN1CCCN[C@]1(C(N)=O)C[C@H]1c1cnc[nH]1. The van der Waals surface area contributed by atoms with Crippen LogP contribution in [0.15, 0.2) is 12.5 Å². The van der Waals surface area contributed by atoms with E-state index in [0.717, 1.165) is 31.6 Å². The van der Waals surface area contributed by atoms with Crippen LogP contribution in [-0.4, -0.2) is 52.0 Å². The van der Waals surface area contributed by atoms with Crippen molar-refractivity contribution in [2.45, 2.75) is 56.5 Å². The summed E-state index contributed by atoms with van der Waals surface area (Å²) in [6.45, 7) is 5.44. The zero-order valence-electron chi connectivity index (χ0n) is 13.3. The first-order chi connectivity index (χ1) is 10.6. The molecule has 1 aliphatic heterocycles. The molecule has 3 atom stereocenters. The molecule has 22 heavy (non-hydrogen) atoms. The number of nitrogens with two attached hydrogens (primary N) is 1. The number of aromatic nitrogens is 2. The van der Waals surface area contributed by atoms with Crippen LogP contribution in [0, 0.1) is 0 Å². The Hall–Kier alpha value is -1.40. The molecule has 0 unspecified atom stereocenters. The molecule has 2 heterocycles. The molecule has 122 valence electrons. The number of hydrogen-bond acceptors (Lipinski definition) is 4. The van der Waals surface area contributed by atoms with Crippen molar-refractivity contribution in [3.63, 3.8) is 0 Å². The minimum atomic E-state index is -0.569. The lowest BCUT2D eigenvalue weighted by Crippen LogP contribution is -2.46. The van der Waals surface area contributed by atoms with Crippen molar-refractivity contribution in [3.05, 3.63) is 18.2 Å². The van der Waals surface area contributed by atoms with Crippen molar-refractivity contribution in [1.82, 2.24) is 20.2 Å². The number of carbonyl (C=O) groups is 1. The van der Waals surface area contributed by atoms with Crippen LogP contribution in [0.1, 0.15) is 50.6 Å². The van der Waals surface area contributed by atoms with Crippen LogP contribution in [-0.2, 0) is 4.79 Å². The lowest BCUT2D eigenvalue weighted by Gasteiger charge is -2.33. The van der Waals surface area contributed by atoms with E-state index in [2.05, 4.69) is 27.1 Å². The first-order valence-corrected chi connectivity index (χ1v) is 8.41. The molecule has 0 aromatic carbocycles. The van der Waals surface area contributed by atoms with Crippen LogP contribution in [0.2, 0.25) is 0 Å². The molecule has 2 fully saturated rings. The van der Waals surface area contributed by atoms with Crippen LogP contribution >= 0.6 is 0 Å². The third-order valence-corrected chi connectivity index (χ3v) is 5.30. The number of piperidine rings is 1. The molecule has 1 saturated carbocycles. The van der Waals surface area contributed by atoms with Gasteiger partial charge in [-0.1, -0.05) is 6.42 Å². The lowest BCUT2D eigenvalue weighted by molar-refractivity contribution is -0.121. The van der Waals surface area contributed by atoms with Gasteiger partial charge < -0.3 is 20.9 Å². The zero-order chi connectivity index (χ0) is 15.6. The largest absolute Gasteiger partial charge is 0.368 e. The summed E-state index contributed by atoms with van der Waals surface area (Å²) in [6.07, 6.45) is 9.22. The summed E-state index contributed by atoms with van der Waals surface area (Å²) in [5.41, 5.74) is 6.06. The number of imidazole rings is 1. The Kier molecular flexibility index (Phi) is 4.49. The molecular formula is C16H27N5O. The zero-order valence-corrected chi connectivity index (χ0v) is 13.3. The van der Waals surface area contributed by atoms with Crippen molar-refractivity contribution in [3.8, 4) is 0 Å². The molecule has 1 aromatic rings. The molecule has 0 spiro atoms. The van der Waals surface area contributed by atoms with Gasteiger partial charge in [0.2, 0.25) is 5.91 Å². The Bertz CT molecular complexity index is 503. The van der Waals surface area contributed by atoms with E-state index in [1.54, 1.807) is 12.5 Å². The average Bonchev–Trinajstić information content (AvgIpc) is 3.00. The molecule has 6 heteroatoms. The second-order valence-electron chi connectivity index (χ2n) is 6.76. The van der Waals surface area contributed by atoms with Crippen molar-refractivity contribution in [2.75, 3.05) is 19.6 Å². The van der Waals surface area contributed by atoms with Gasteiger partial charge in [0.15, 0.2) is 0 Å². The standard InChI is InChI=1S/C16H27N5O/c1-12-5-2-3-7-21(12)8-4-6-20-16(15(17)22)9-13(16)14-10-18-11-19-14/h10-13,20H,2-9H2,1H3,(H2,17,22)(H,18,19)/t12-,13+,16-/m1/s1. The van der Waals surface area contributed by atoms with Gasteiger partial charge in [-0.25, -0.2) is 4.98 Å². The van der Waals surface area contributed by atoms with E-state index in [9.17, 15) is 4.79 Å². The van der Waals surface area contributed by atoms with Crippen molar-refractivity contribution in [1.29, 1.82) is 0 Å². The minimum Gasteiger partial charge on any atom is -0.368 e. The number of nitrogens with zero attached hydrogens (tertiary/aromatic N) is 2. The number of aromatic amines is 1. The predicted molar refractivity (Wildman–Crippen MR) is 85.4 cm³/mol. The van der Waals surface area contributed by atoms with E-state index in [1.807, 2.05) is 0 Å². The van der Waals surface area contributed by atoms with Gasteiger partial charge in [0.25, 0.3) is 0 Å². The maximum atomic E-state index is 11.9. The molecule has 1 aromatic heterocycles. The van der Waals surface area contributed by atoms with Gasteiger partial charge in [0, 0.05) is 23.9 Å². The summed E-state index contributed by atoms with van der Waals surface area (Å²) in [6, 6.07) is 0.692. The van der Waals surface area contributed by atoms with E-state index in [4.69, 9.17) is 5.73 Å². The van der Waals surface area contributed by atoms with Gasteiger partial charge in [-0.2, -0.15) is 0 Å². The number of nitrogens with one attached hydrogen (secondary N) is 2. The van der Waals surface area contributed by atoms with Crippen LogP contribution in [0.25, 0.3) is 0 Å². The van der Waals surface area contributed by atoms with E-state index in [1.165, 1.54) is 25.8 Å².